The zero-order valence-corrected chi connectivity index (χ0v) is 11.6. The third kappa shape index (κ3) is 4.05. The summed E-state index contributed by atoms with van der Waals surface area (Å²) in [4.78, 5) is 11.2. The fourth-order valence-electron chi connectivity index (χ4n) is 1.19. The van der Waals surface area contributed by atoms with Crippen LogP contribution in [0.2, 0.25) is 5.54 Å². The van der Waals surface area contributed by atoms with Gasteiger partial charge in [0.05, 0.1) is 0 Å². The maximum absolute atomic E-state index is 11.2. The van der Waals surface area contributed by atoms with E-state index in [4.69, 9.17) is 13.3 Å². The summed E-state index contributed by atoms with van der Waals surface area (Å²) in [6.07, 6.45) is 0. The molecule has 0 unspecified atom stereocenters. The first kappa shape index (κ1) is 15.3. The lowest BCUT2D eigenvalue weighted by atomic mass is 10.3. The number of amides is 1. The molecule has 0 aromatic heterocycles. The minimum atomic E-state index is -2.67. The molecule has 0 spiro atoms. The van der Waals surface area contributed by atoms with E-state index in [2.05, 4.69) is 11.9 Å². The molecule has 0 atom stereocenters. The van der Waals surface area contributed by atoms with Crippen LogP contribution in [0.4, 0.5) is 0 Å². The van der Waals surface area contributed by atoms with Gasteiger partial charge in [-0.3, -0.25) is 4.79 Å². The number of carbonyl (C=O) groups is 1. The van der Waals surface area contributed by atoms with E-state index < -0.39 is 8.80 Å². The normalized spacial score (nSPS) is 11.6. The van der Waals surface area contributed by atoms with E-state index in [0.29, 0.717) is 5.57 Å². The van der Waals surface area contributed by atoms with E-state index in [0.717, 1.165) is 0 Å². The van der Waals surface area contributed by atoms with Crippen LogP contribution in [-0.4, -0.2) is 35.7 Å². The van der Waals surface area contributed by atoms with Crippen molar-refractivity contribution in [2.45, 2.75) is 26.3 Å². The number of nitrogens with one attached hydrogen (secondary N) is 1. The first-order valence-electron chi connectivity index (χ1n) is 5.07. The van der Waals surface area contributed by atoms with Crippen LogP contribution in [0, 0.1) is 0 Å². The Morgan fingerprint density at radius 2 is 1.88 bits per heavy atom. The molecule has 94 valence electrons. The second kappa shape index (κ2) is 6.80. The Balaban J connectivity index is 4.24. The predicted octanol–water partition coefficient (Wildman–Crippen LogP) is 1.29. The molecule has 1 amide bonds. The summed E-state index contributed by atoms with van der Waals surface area (Å²) >= 11 is 0. The SMILES string of the molecule is C=C(C)C(=O)NCO[Si](OC)(OC)C(C)C. The van der Waals surface area contributed by atoms with Crippen LogP contribution in [0.25, 0.3) is 0 Å². The van der Waals surface area contributed by atoms with Gasteiger partial charge in [-0.25, -0.2) is 0 Å². The number of rotatable bonds is 7. The molecule has 0 aromatic carbocycles. The molecule has 0 aromatic rings. The molecular weight excluding hydrogens is 226 g/mol. The van der Waals surface area contributed by atoms with Crippen molar-refractivity contribution < 1.29 is 18.1 Å². The van der Waals surface area contributed by atoms with E-state index in [1.165, 1.54) is 0 Å². The lowest BCUT2D eigenvalue weighted by Crippen LogP contribution is -2.49. The molecule has 16 heavy (non-hydrogen) atoms. The summed E-state index contributed by atoms with van der Waals surface area (Å²) in [7, 11) is 0.437. The van der Waals surface area contributed by atoms with Crippen molar-refractivity contribution in [2.75, 3.05) is 21.0 Å². The van der Waals surface area contributed by atoms with Gasteiger partial charge in [0.15, 0.2) is 0 Å². The standard InChI is InChI=1S/C10H21NO4Si/c1-8(2)10(12)11-7-15-16(13-5,14-6)9(3)4/h9H,1,7H2,2-6H3,(H,11,12). The Kier molecular flexibility index (Phi) is 6.50. The molecule has 1 N–H and O–H groups in total. The van der Waals surface area contributed by atoms with Crippen molar-refractivity contribution in [3.05, 3.63) is 12.2 Å². The largest absolute Gasteiger partial charge is 0.504 e. The van der Waals surface area contributed by atoms with Crippen molar-refractivity contribution in [1.82, 2.24) is 5.32 Å². The highest BCUT2D eigenvalue weighted by atomic mass is 28.4. The molecule has 0 bridgehead atoms. The smallest absolute Gasteiger partial charge is 0.377 e. The van der Waals surface area contributed by atoms with Gasteiger partial charge in [0.2, 0.25) is 5.91 Å². The lowest BCUT2D eigenvalue weighted by Gasteiger charge is -2.29. The summed E-state index contributed by atoms with van der Waals surface area (Å²) in [6, 6.07) is 0. The summed E-state index contributed by atoms with van der Waals surface area (Å²) in [5, 5.41) is 2.57. The minimum absolute atomic E-state index is 0.0672. The number of hydrogen-bond acceptors (Lipinski definition) is 4. The van der Waals surface area contributed by atoms with Gasteiger partial charge in [-0.05, 0) is 6.92 Å². The van der Waals surface area contributed by atoms with E-state index in [-0.39, 0.29) is 18.2 Å². The molecule has 0 saturated carbocycles. The monoisotopic (exact) mass is 247 g/mol. The highest BCUT2D eigenvalue weighted by Gasteiger charge is 2.43. The molecule has 0 radical (unpaired) electrons. The van der Waals surface area contributed by atoms with Crippen LogP contribution >= 0.6 is 0 Å². The molecule has 0 saturated heterocycles. The van der Waals surface area contributed by atoms with Crippen LogP contribution in [0.15, 0.2) is 12.2 Å². The van der Waals surface area contributed by atoms with Gasteiger partial charge in [-0.15, -0.1) is 0 Å². The topological polar surface area (TPSA) is 56.8 Å². The minimum Gasteiger partial charge on any atom is -0.377 e. The first-order chi connectivity index (χ1) is 7.39. The fourth-order valence-corrected chi connectivity index (χ4v) is 3.14. The Hall–Kier alpha value is -0.693. The summed E-state index contributed by atoms with van der Waals surface area (Å²) in [5.41, 5.74) is 0.569. The molecule has 0 rings (SSSR count). The second-order valence-electron chi connectivity index (χ2n) is 3.74. The van der Waals surface area contributed by atoms with Crippen molar-refractivity contribution in [3.8, 4) is 0 Å². The van der Waals surface area contributed by atoms with Gasteiger partial charge in [0.1, 0.15) is 6.73 Å². The molecule has 5 nitrogen and oxygen atoms in total. The zero-order valence-electron chi connectivity index (χ0n) is 10.6. The van der Waals surface area contributed by atoms with Gasteiger partial charge in [0.25, 0.3) is 0 Å². The van der Waals surface area contributed by atoms with Crippen molar-refractivity contribution in [3.63, 3.8) is 0 Å². The van der Waals surface area contributed by atoms with Gasteiger partial charge < -0.3 is 18.6 Å². The van der Waals surface area contributed by atoms with E-state index in [1.807, 2.05) is 13.8 Å². The van der Waals surface area contributed by atoms with Crippen molar-refractivity contribution in [2.24, 2.45) is 0 Å². The van der Waals surface area contributed by atoms with Gasteiger partial charge in [0, 0.05) is 25.3 Å². The van der Waals surface area contributed by atoms with E-state index >= 15 is 0 Å². The predicted molar refractivity (Wildman–Crippen MR) is 63.8 cm³/mol. The fraction of sp³-hybridized carbons (Fsp3) is 0.700. The summed E-state index contributed by atoms with van der Waals surface area (Å²) in [5.74, 6) is -0.237. The van der Waals surface area contributed by atoms with Crippen LogP contribution in [0.1, 0.15) is 20.8 Å². The average molecular weight is 247 g/mol. The Morgan fingerprint density at radius 3 is 2.19 bits per heavy atom. The van der Waals surface area contributed by atoms with Gasteiger partial charge in [-0.1, -0.05) is 20.4 Å². The van der Waals surface area contributed by atoms with Crippen LogP contribution in [-0.2, 0) is 18.1 Å². The number of hydrogen-bond donors (Lipinski definition) is 1. The summed E-state index contributed by atoms with van der Waals surface area (Å²) < 4.78 is 16.2. The average Bonchev–Trinajstić information content (AvgIpc) is 2.23. The maximum atomic E-state index is 11.2. The number of carbonyl (C=O) groups excluding carboxylic acids is 1. The third-order valence-electron chi connectivity index (χ3n) is 2.17. The van der Waals surface area contributed by atoms with Crippen molar-refractivity contribution >= 4 is 14.7 Å². The summed E-state index contributed by atoms with van der Waals surface area (Å²) in [6.45, 7) is 9.14. The Bertz CT molecular complexity index is 251. The molecule has 0 fully saturated rings. The highest BCUT2D eigenvalue weighted by Crippen LogP contribution is 2.22. The first-order valence-corrected chi connectivity index (χ1v) is 6.87. The molecular formula is C10H21NO4Si. The quantitative estimate of drug-likeness (QED) is 0.418. The van der Waals surface area contributed by atoms with Gasteiger partial charge in [-0.2, -0.15) is 0 Å². The zero-order chi connectivity index (χ0) is 12.8. The van der Waals surface area contributed by atoms with E-state index in [9.17, 15) is 4.79 Å². The Morgan fingerprint density at radius 1 is 1.38 bits per heavy atom. The van der Waals surface area contributed by atoms with Crippen LogP contribution in [0.5, 0.6) is 0 Å². The third-order valence-corrected chi connectivity index (χ3v) is 5.27. The highest BCUT2D eigenvalue weighted by molar-refractivity contribution is 6.62. The lowest BCUT2D eigenvalue weighted by molar-refractivity contribution is -0.118. The molecule has 0 heterocycles. The Labute approximate surface area is 98.1 Å². The second-order valence-corrected chi connectivity index (χ2v) is 7.21. The van der Waals surface area contributed by atoms with Gasteiger partial charge >= 0.3 is 8.80 Å². The van der Waals surface area contributed by atoms with Crippen LogP contribution in [0.3, 0.4) is 0 Å². The maximum Gasteiger partial charge on any atom is 0.504 e. The van der Waals surface area contributed by atoms with Crippen molar-refractivity contribution in [1.29, 1.82) is 0 Å². The molecule has 0 aliphatic rings. The van der Waals surface area contributed by atoms with Crippen LogP contribution < -0.4 is 5.32 Å². The molecule has 0 aliphatic carbocycles. The molecule has 0 aliphatic heterocycles. The molecule has 6 heteroatoms. The van der Waals surface area contributed by atoms with E-state index in [1.54, 1.807) is 21.1 Å².